The average Bonchev–Trinajstić information content (AvgIpc) is 2.56. The van der Waals surface area contributed by atoms with Crippen molar-refractivity contribution >= 4 is 5.82 Å². The van der Waals surface area contributed by atoms with Crippen molar-refractivity contribution in [2.45, 2.75) is 45.2 Å². The molecule has 5 nitrogen and oxygen atoms in total. The van der Waals surface area contributed by atoms with E-state index in [4.69, 9.17) is 0 Å². The van der Waals surface area contributed by atoms with Crippen LogP contribution in [-0.4, -0.2) is 9.55 Å². The van der Waals surface area contributed by atoms with E-state index in [2.05, 4.69) is 10.3 Å². The van der Waals surface area contributed by atoms with Crippen LogP contribution < -0.4 is 16.6 Å². The van der Waals surface area contributed by atoms with Crippen LogP contribution in [0.4, 0.5) is 14.6 Å². The van der Waals surface area contributed by atoms with Crippen LogP contribution in [0.3, 0.4) is 0 Å². The third kappa shape index (κ3) is 2.74. The summed E-state index contributed by atoms with van der Waals surface area (Å²) in [4.78, 5) is 27.5. The maximum absolute atomic E-state index is 13.4. The molecule has 2 aromatic rings. The van der Waals surface area contributed by atoms with Crippen LogP contribution in [0.1, 0.15) is 49.9 Å². The Hall–Kier alpha value is -2.44. The van der Waals surface area contributed by atoms with Crippen molar-refractivity contribution in [2.75, 3.05) is 5.32 Å². The first-order chi connectivity index (χ1) is 11.4. The molecule has 2 N–H and O–H groups in total. The Morgan fingerprint density at radius 3 is 2.71 bits per heavy atom. The van der Waals surface area contributed by atoms with Crippen LogP contribution in [0.5, 0.6) is 0 Å². The van der Waals surface area contributed by atoms with E-state index in [1.54, 1.807) is 0 Å². The van der Waals surface area contributed by atoms with Gasteiger partial charge in [-0.25, -0.2) is 13.6 Å². The molecule has 0 spiro atoms. The first kappa shape index (κ1) is 16.4. The summed E-state index contributed by atoms with van der Waals surface area (Å²) in [5, 5.41) is 3.07. The number of rotatable bonds is 3. The summed E-state index contributed by atoms with van der Waals surface area (Å²) in [6.45, 7) is 3.73. The molecule has 1 aliphatic rings. The Morgan fingerprint density at radius 2 is 2.04 bits per heavy atom. The Kier molecular flexibility index (Phi) is 4.26. The second kappa shape index (κ2) is 6.22. The molecule has 0 radical (unpaired) electrons. The number of aromatic nitrogens is 2. The molecule has 1 aromatic carbocycles. The highest BCUT2D eigenvalue weighted by atomic mass is 19.2. The van der Waals surface area contributed by atoms with Gasteiger partial charge in [-0.1, -0.05) is 13.0 Å². The maximum Gasteiger partial charge on any atom is 0.330 e. The number of fused-ring (bicyclic) bond motifs is 1. The monoisotopic (exact) mass is 335 g/mol. The molecule has 0 saturated heterocycles. The Bertz CT molecular complexity index is 888. The minimum absolute atomic E-state index is 0.185. The van der Waals surface area contributed by atoms with Crippen LogP contribution in [-0.2, 0) is 6.42 Å². The molecule has 0 unspecified atom stereocenters. The fourth-order valence-corrected chi connectivity index (χ4v) is 3.04. The van der Waals surface area contributed by atoms with Gasteiger partial charge in [0.25, 0.3) is 5.56 Å². The molecule has 0 saturated carbocycles. The van der Waals surface area contributed by atoms with E-state index in [0.717, 1.165) is 12.1 Å². The highest BCUT2D eigenvalue weighted by Crippen LogP contribution is 2.30. The van der Waals surface area contributed by atoms with Crippen molar-refractivity contribution in [3.05, 3.63) is 61.8 Å². The van der Waals surface area contributed by atoms with Gasteiger partial charge in [0.05, 0.1) is 11.6 Å². The molecule has 128 valence electrons. The minimum atomic E-state index is -0.916. The summed E-state index contributed by atoms with van der Waals surface area (Å²) in [6, 6.07) is 3.24. The SMILES string of the molecule is CC[C@H](C)n1c(=O)[nH]c2c(c1=O)CC[C@H](c1ccc(F)c(F)c1)N2. The van der Waals surface area contributed by atoms with E-state index < -0.39 is 17.3 Å². The van der Waals surface area contributed by atoms with Crippen LogP contribution >= 0.6 is 0 Å². The highest BCUT2D eigenvalue weighted by Gasteiger charge is 2.25. The number of nitrogens with zero attached hydrogens (tertiary/aromatic N) is 1. The lowest BCUT2D eigenvalue weighted by Crippen LogP contribution is -2.41. The van der Waals surface area contributed by atoms with Crippen molar-refractivity contribution in [3.63, 3.8) is 0 Å². The molecular formula is C17H19F2N3O2. The van der Waals surface area contributed by atoms with Gasteiger partial charge in [0.15, 0.2) is 11.6 Å². The number of nitrogens with one attached hydrogen (secondary N) is 2. The lowest BCUT2D eigenvalue weighted by molar-refractivity contribution is 0.481. The molecule has 3 rings (SSSR count). The van der Waals surface area contributed by atoms with Gasteiger partial charge in [0.1, 0.15) is 5.82 Å². The molecular weight excluding hydrogens is 316 g/mol. The fraction of sp³-hybridized carbons (Fsp3) is 0.412. The standard InChI is InChI=1S/C17H19F2N3O2/c1-3-9(2)22-16(23)11-5-7-14(20-15(11)21-17(22)24)10-4-6-12(18)13(19)8-10/h4,6,8-9,14,20H,3,5,7H2,1-2H3,(H,21,24)/t9-,14+/m0/s1. The van der Waals surface area contributed by atoms with E-state index in [1.807, 2.05) is 13.8 Å². The van der Waals surface area contributed by atoms with Crippen LogP contribution in [0.2, 0.25) is 0 Å². The third-order valence-corrected chi connectivity index (χ3v) is 4.61. The molecule has 1 aromatic heterocycles. The van der Waals surface area contributed by atoms with Crippen LogP contribution in [0.15, 0.2) is 27.8 Å². The van der Waals surface area contributed by atoms with Crippen molar-refractivity contribution in [1.82, 2.24) is 9.55 Å². The zero-order valence-corrected chi connectivity index (χ0v) is 13.5. The minimum Gasteiger partial charge on any atom is -0.364 e. The largest absolute Gasteiger partial charge is 0.364 e. The molecule has 0 amide bonds. The zero-order valence-electron chi connectivity index (χ0n) is 13.5. The van der Waals surface area contributed by atoms with E-state index in [-0.39, 0.29) is 17.6 Å². The molecule has 24 heavy (non-hydrogen) atoms. The number of halogens is 2. The number of aromatic amines is 1. The smallest absolute Gasteiger partial charge is 0.330 e. The van der Waals surface area contributed by atoms with Gasteiger partial charge in [-0.05, 0) is 43.9 Å². The second-order valence-corrected chi connectivity index (χ2v) is 6.13. The summed E-state index contributed by atoms with van der Waals surface area (Å²) in [7, 11) is 0. The Morgan fingerprint density at radius 1 is 1.29 bits per heavy atom. The molecule has 1 aliphatic heterocycles. The normalized spacial score (nSPS) is 17.9. The van der Waals surface area contributed by atoms with Crippen LogP contribution in [0, 0.1) is 11.6 Å². The van der Waals surface area contributed by atoms with E-state index in [9.17, 15) is 18.4 Å². The molecule has 2 heterocycles. The third-order valence-electron chi connectivity index (χ3n) is 4.61. The number of benzene rings is 1. The molecule has 0 fully saturated rings. The van der Waals surface area contributed by atoms with Gasteiger partial charge >= 0.3 is 5.69 Å². The lowest BCUT2D eigenvalue weighted by atomic mass is 9.95. The molecule has 2 atom stereocenters. The van der Waals surface area contributed by atoms with E-state index in [0.29, 0.717) is 36.2 Å². The van der Waals surface area contributed by atoms with Gasteiger partial charge in [-0.3, -0.25) is 14.3 Å². The molecule has 0 aliphatic carbocycles. The summed E-state index contributed by atoms with van der Waals surface area (Å²) >= 11 is 0. The topological polar surface area (TPSA) is 66.9 Å². The van der Waals surface area contributed by atoms with Crippen molar-refractivity contribution in [1.29, 1.82) is 0 Å². The number of hydrogen-bond donors (Lipinski definition) is 2. The summed E-state index contributed by atoms with van der Waals surface area (Å²) in [6.07, 6.45) is 1.69. The van der Waals surface area contributed by atoms with Gasteiger partial charge in [-0.2, -0.15) is 0 Å². The summed E-state index contributed by atoms with van der Waals surface area (Å²) in [5.74, 6) is -1.45. The van der Waals surface area contributed by atoms with E-state index >= 15 is 0 Å². The number of H-pyrrole nitrogens is 1. The number of hydrogen-bond acceptors (Lipinski definition) is 3. The Labute approximate surface area is 137 Å². The van der Waals surface area contributed by atoms with Crippen molar-refractivity contribution in [2.24, 2.45) is 0 Å². The molecule has 7 heteroatoms. The van der Waals surface area contributed by atoms with Crippen molar-refractivity contribution < 1.29 is 8.78 Å². The van der Waals surface area contributed by atoms with E-state index in [1.165, 1.54) is 10.6 Å². The van der Waals surface area contributed by atoms with Gasteiger partial charge in [0.2, 0.25) is 0 Å². The van der Waals surface area contributed by atoms with Crippen molar-refractivity contribution in [3.8, 4) is 0 Å². The maximum atomic E-state index is 13.4. The van der Waals surface area contributed by atoms with Gasteiger partial charge in [0, 0.05) is 6.04 Å². The van der Waals surface area contributed by atoms with Crippen LogP contribution in [0.25, 0.3) is 0 Å². The Balaban J connectivity index is 1.98. The number of anilines is 1. The van der Waals surface area contributed by atoms with Gasteiger partial charge < -0.3 is 5.32 Å². The average molecular weight is 335 g/mol. The predicted octanol–water partition coefficient (Wildman–Crippen LogP) is 2.89. The first-order valence-corrected chi connectivity index (χ1v) is 8.01. The zero-order chi connectivity index (χ0) is 17.4. The first-order valence-electron chi connectivity index (χ1n) is 8.01. The quantitative estimate of drug-likeness (QED) is 0.906. The fourth-order valence-electron chi connectivity index (χ4n) is 3.04. The lowest BCUT2D eigenvalue weighted by Gasteiger charge is -2.27. The molecule has 0 bridgehead atoms. The predicted molar refractivity (Wildman–Crippen MR) is 87.4 cm³/mol. The second-order valence-electron chi connectivity index (χ2n) is 6.13. The summed E-state index contributed by atoms with van der Waals surface area (Å²) < 4.78 is 27.7. The highest BCUT2D eigenvalue weighted by molar-refractivity contribution is 5.48. The van der Waals surface area contributed by atoms with Gasteiger partial charge in [-0.15, -0.1) is 0 Å². The summed E-state index contributed by atoms with van der Waals surface area (Å²) in [5.41, 5.74) is 0.339.